The maximum atomic E-state index is 14.0. The highest BCUT2D eigenvalue weighted by atomic mass is 16.5. The van der Waals surface area contributed by atoms with Gasteiger partial charge in [0.2, 0.25) is 0 Å². The molecule has 0 aromatic heterocycles. The second-order valence-corrected chi connectivity index (χ2v) is 9.57. The largest absolute Gasteiger partial charge is 0.484 e. The lowest BCUT2D eigenvalue weighted by Crippen LogP contribution is -2.34. The highest BCUT2D eigenvalue weighted by Gasteiger charge is 2.28. The molecule has 7 heteroatoms. The van der Waals surface area contributed by atoms with Crippen molar-refractivity contribution in [1.29, 1.82) is 0 Å². The number of methoxy groups -OCH3 is 1. The molecule has 2 aromatic carbocycles. The van der Waals surface area contributed by atoms with Crippen LogP contribution in [0.3, 0.4) is 0 Å². The predicted octanol–water partition coefficient (Wildman–Crippen LogP) is 5.47. The van der Waals surface area contributed by atoms with Crippen LogP contribution in [0.25, 0.3) is 0 Å². The highest BCUT2D eigenvalue weighted by molar-refractivity contribution is 6.08. The van der Waals surface area contributed by atoms with Crippen molar-refractivity contribution in [2.45, 2.75) is 46.3 Å². The summed E-state index contributed by atoms with van der Waals surface area (Å²) in [6.07, 6.45) is 3.67. The minimum absolute atomic E-state index is 0.0121. The molecule has 3 rings (SSSR count). The quantitative estimate of drug-likeness (QED) is 0.316. The van der Waals surface area contributed by atoms with E-state index in [1.807, 2.05) is 73.3 Å². The van der Waals surface area contributed by atoms with E-state index < -0.39 is 0 Å². The topological polar surface area (TPSA) is 66.4 Å². The van der Waals surface area contributed by atoms with E-state index in [0.717, 1.165) is 41.8 Å². The summed E-state index contributed by atoms with van der Waals surface area (Å²) in [5.41, 5.74) is 4.72. The Hall–Kier alpha value is -3.42. The van der Waals surface area contributed by atoms with Gasteiger partial charge in [-0.25, -0.2) is 0 Å². The summed E-state index contributed by atoms with van der Waals surface area (Å²) >= 11 is 0. The van der Waals surface area contributed by atoms with Gasteiger partial charge >= 0.3 is 0 Å². The summed E-state index contributed by atoms with van der Waals surface area (Å²) in [6, 6.07) is 18.4. The molecule has 1 amide bonds. The van der Waals surface area contributed by atoms with Gasteiger partial charge < -0.3 is 24.6 Å². The van der Waals surface area contributed by atoms with Gasteiger partial charge in [-0.1, -0.05) is 55.0 Å². The Morgan fingerprint density at radius 1 is 1.13 bits per heavy atom. The Morgan fingerprint density at radius 3 is 2.58 bits per heavy atom. The molecular weight excluding hydrogens is 476 g/mol. The van der Waals surface area contributed by atoms with Crippen LogP contribution in [0.15, 0.2) is 82.6 Å². The summed E-state index contributed by atoms with van der Waals surface area (Å²) in [5, 5.41) is 3.22. The number of aliphatic imine (C=N–C) groups is 1. The lowest BCUT2D eigenvalue weighted by Gasteiger charge is -2.23. The van der Waals surface area contributed by atoms with Crippen molar-refractivity contribution in [2.75, 3.05) is 45.7 Å². The van der Waals surface area contributed by atoms with Gasteiger partial charge in [0.25, 0.3) is 5.91 Å². The number of carbonyl (C=O) groups excluding carboxylic acids is 1. The molecule has 0 saturated heterocycles. The summed E-state index contributed by atoms with van der Waals surface area (Å²) in [7, 11) is 5.51. The van der Waals surface area contributed by atoms with Crippen LogP contribution >= 0.6 is 0 Å². The third-order valence-corrected chi connectivity index (χ3v) is 6.75. The van der Waals surface area contributed by atoms with Crippen molar-refractivity contribution in [2.24, 2.45) is 4.99 Å². The predicted molar refractivity (Wildman–Crippen MR) is 155 cm³/mol. The van der Waals surface area contributed by atoms with Gasteiger partial charge in [-0.2, -0.15) is 4.99 Å². The van der Waals surface area contributed by atoms with Crippen molar-refractivity contribution in [1.82, 2.24) is 10.2 Å². The van der Waals surface area contributed by atoms with Crippen molar-refractivity contribution < 1.29 is 14.3 Å². The van der Waals surface area contributed by atoms with Crippen LogP contribution in [0.4, 0.5) is 5.69 Å². The minimum atomic E-state index is -0.0703. The number of carbonyl (C=O) groups is 1. The van der Waals surface area contributed by atoms with E-state index in [1.165, 1.54) is 0 Å². The van der Waals surface area contributed by atoms with Crippen LogP contribution in [0, 0.1) is 0 Å². The SMILES string of the molecule is CC/C(C)=C\C1=C(N=C(C)OC)N(C)CCN(c2cccc(COC(CCNC)c3ccccc3)c2)C1=O. The number of nitrogens with zero attached hydrogens (tertiary/aromatic N) is 3. The second kappa shape index (κ2) is 14.5. The number of hydrogen-bond acceptors (Lipinski definition) is 6. The average molecular weight is 519 g/mol. The van der Waals surface area contributed by atoms with Gasteiger partial charge in [0.15, 0.2) is 5.90 Å². The lowest BCUT2D eigenvalue weighted by molar-refractivity contribution is -0.114. The van der Waals surface area contributed by atoms with E-state index in [9.17, 15) is 4.79 Å². The van der Waals surface area contributed by atoms with E-state index in [4.69, 9.17) is 9.47 Å². The molecular formula is C31H42N4O3. The first-order valence-corrected chi connectivity index (χ1v) is 13.3. The maximum Gasteiger partial charge on any atom is 0.262 e. The van der Waals surface area contributed by atoms with Gasteiger partial charge in [-0.15, -0.1) is 0 Å². The number of hydrogen-bond donors (Lipinski definition) is 1. The molecule has 0 saturated carbocycles. The molecule has 1 atom stereocenters. The normalized spacial score (nSPS) is 16.1. The number of allylic oxidation sites excluding steroid dienone is 1. The number of likely N-dealkylation sites (N-methyl/N-ethyl adjacent to an activating group) is 1. The Balaban J connectivity index is 1.89. The zero-order chi connectivity index (χ0) is 27.5. The second-order valence-electron chi connectivity index (χ2n) is 9.57. The van der Waals surface area contributed by atoms with E-state index in [0.29, 0.717) is 37.0 Å². The van der Waals surface area contributed by atoms with E-state index in [-0.39, 0.29) is 12.0 Å². The molecule has 38 heavy (non-hydrogen) atoms. The fourth-order valence-electron chi connectivity index (χ4n) is 4.27. The van der Waals surface area contributed by atoms with E-state index in [2.05, 4.69) is 35.4 Å². The summed E-state index contributed by atoms with van der Waals surface area (Å²) < 4.78 is 11.7. The number of rotatable bonds is 11. The fourth-order valence-corrected chi connectivity index (χ4v) is 4.27. The van der Waals surface area contributed by atoms with Gasteiger partial charge in [0.05, 0.1) is 25.4 Å². The van der Waals surface area contributed by atoms with Crippen LogP contribution in [0.5, 0.6) is 0 Å². The number of amides is 1. The summed E-state index contributed by atoms with van der Waals surface area (Å²) in [4.78, 5) is 22.5. The van der Waals surface area contributed by atoms with Crippen LogP contribution in [-0.4, -0.2) is 57.5 Å². The van der Waals surface area contributed by atoms with Crippen molar-refractivity contribution in [3.63, 3.8) is 0 Å². The molecule has 0 aliphatic carbocycles. The van der Waals surface area contributed by atoms with Crippen LogP contribution < -0.4 is 10.2 Å². The first kappa shape index (κ1) is 29.1. The van der Waals surface area contributed by atoms with Crippen LogP contribution in [-0.2, 0) is 20.9 Å². The molecule has 0 spiro atoms. The van der Waals surface area contributed by atoms with Crippen molar-refractivity contribution >= 4 is 17.5 Å². The van der Waals surface area contributed by atoms with Crippen molar-refractivity contribution in [3.05, 3.63) is 88.8 Å². The number of anilines is 1. The number of ether oxygens (including phenoxy) is 2. The highest BCUT2D eigenvalue weighted by Crippen LogP contribution is 2.27. The van der Waals surface area contributed by atoms with E-state index >= 15 is 0 Å². The van der Waals surface area contributed by atoms with E-state index in [1.54, 1.807) is 14.0 Å². The zero-order valence-electron chi connectivity index (χ0n) is 23.7. The Kier molecular flexibility index (Phi) is 11.1. The minimum Gasteiger partial charge on any atom is -0.484 e. The molecule has 1 aliphatic heterocycles. The van der Waals surface area contributed by atoms with Gasteiger partial charge in [0.1, 0.15) is 5.82 Å². The molecule has 1 heterocycles. The summed E-state index contributed by atoms with van der Waals surface area (Å²) in [5.74, 6) is 1.07. The standard InChI is InChI=1S/C31H42N4O3/c1-7-23(2)20-28-30(33-24(3)37-6)34(5)18-19-35(31(28)36)27-15-11-12-25(21-27)22-38-29(16-17-32-4)26-13-9-8-10-14-26/h8-15,20-21,29,32H,7,16-19,22H2,1-6H3/b23-20-,33-24?. The third kappa shape index (κ3) is 7.79. The molecule has 1 N–H and O–H groups in total. The number of benzene rings is 2. The van der Waals surface area contributed by atoms with Crippen LogP contribution in [0.2, 0.25) is 0 Å². The Labute approximate surface area is 227 Å². The fraction of sp³-hybridized carbons (Fsp3) is 0.419. The first-order valence-electron chi connectivity index (χ1n) is 13.3. The zero-order valence-corrected chi connectivity index (χ0v) is 23.7. The molecule has 1 aliphatic rings. The maximum absolute atomic E-state index is 14.0. The Morgan fingerprint density at radius 2 is 1.89 bits per heavy atom. The lowest BCUT2D eigenvalue weighted by atomic mass is 10.1. The summed E-state index contributed by atoms with van der Waals surface area (Å²) in [6.45, 7) is 8.43. The average Bonchev–Trinajstić information content (AvgIpc) is 3.05. The monoisotopic (exact) mass is 518 g/mol. The molecule has 1 unspecified atom stereocenters. The third-order valence-electron chi connectivity index (χ3n) is 6.75. The first-order chi connectivity index (χ1) is 18.4. The molecule has 0 radical (unpaired) electrons. The molecule has 2 aromatic rings. The number of nitrogens with one attached hydrogen (secondary N) is 1. The van der Waals surface area contributed by atoms with Gasteiger partial charge in [-0.05, 0) is 62.7 Å². The molecule has 0 fully saturated rings. The molecule has 0 bridgehead atoms. The molecule has 204 valence electrons. The molecule has 7 nitrogen and oxygen atoms in total. The smallest absolute Gasteiger partial charge is 0.262 e. The van der Waals surface area contributed by atoms with Crippen LogP contribution in [0.1, 0.15) is 50.8 Å². The van der Waals surface area contributed by atoms with Crippen molar-refractivity contribution in [3.8, 4) is 0 Å². The van der Waals surface area contributed by atoms with Gasteiger partial charge in [-0.3, -0.25) is 4.79 Å². The Bertz CT molecular complexity index is 1160. The van der Waals surface area contributed by atoms with Gasteiger partial charge in [0, 0.05) is 32.7 Å².